The Labute approximate surface area is 187 Å². The van der Waals surface area contributed by atoms with Crippen molar-refractivity contribution in [1.82, 2.24) is 15.0 Å². The predicted molar refractivity (Wildman–Crippen MR) is 114 cm³/mol. The predicted octanol–water partition coefficient (Wildman–Crippen LogP) is 4.26. The maximum atomic E-state index is 13.0. The first-order valence-electron chi connectivity index (χ1n) is 9.14. The molecule has 0 aliphatic rings. The maximum Gasteiger partial charge on any atom is 0.416 e. The average molecular weight is 484 g/mol. The van der Waals surface area contributed by atoms with Crippen LogP contribution in [0.2, 0.25) is 5.02 Å². The highest BCUT2D eigenvalue weighted by Crippen LogP contribution is 2.32. The Balaban J connectivity index is 1.76. The Hall–Kier alpha value is -2.95. The highest BCUT2D eigenvalue weighted by atomic mass is 35.5. The maximum absolute atomic E-state index is 13.0. The summed E-state index contributed by atoms with van der Waals surface area (Å²) in [6.07, 6.45) is -1.83. The van der Waals surface area contributed by atoms with Crippen LogP contribution in [0.4, 0.5) is 13.2 Å². The van der Waals surface area contributed by atoms with E-state index in [4.69, 9.17) is 11.6 Å². The number of aromatic nitrogens is 1. The van der Waals surface area contributed by atoms with Gasteiger partial charge in [-0.3, -0.25) is 9.78 Å². The molecule has 2 aromatic carbocycles. The van der Waals surface area contributed by atoms with E-state index in [9.17, 15) is 26.4 Å². The SMILES string of the molecule is CNS(=O)(=O)c1ccc(CNC(=O)c2cncc(-c3cccc(C(F)(F)F)c3)c2)c(Cl)c1. The Bertz CT molecular complexity index is 1260. The number of carbonyl (C=O) groups is 1. The van der Waals surface area contributed by atoms with E-state index in [1.807, 2.05) is 0 Å². The summed E-state index contributed by atoms with van der Waals surface area (Å²) in [6.45, 7) is 0.00529. The lowest BCUT2D eigenvalue weighted by molar-refractivity contribution is -0.137. The van der Waals surface area contributed by atoms with Crippen molar-refractivity contribution in [2.75, 3.05) is 7.05 Å². The minimum Gasteiger partial charge on any atom is -0.348 e. The Morgan fingerprint density at radius 3 is 2.47 bits per heavy atom. The third kappa shape index (κ3) is 5.45. The number of pyridine rings is 1. The van der Waals surface area contributed by atoms with Crippen LogP contribution in [0, 0.1) is 0 Å². The van der Waals surface area contributed by atoms with Gasteiger partial charge in [-0.2, -0.15) is 13.2 Å². The van der Waals surface area contributed by atoms with E-state index >= 15 is 0 Å². The van der Waals surface area contributed by atoms with Gasteiger partial charge in [0.05, 0.1) is 16.0 Å². The fraction of sp³-hybridized carbons (Fsp3) is 0.143. The number of amides is 1. The molecule has 3 rings (SSSR count). The molecule has 0 radical (unpaired) electrons. The van der Waals surface area contributed by atoms with Gasteiger partial charge in [-0.15, -0.1) is 0 Å². The van der Waals surface area contributed by atoms with E-state index in [-0.39, 0.29) is 27.6 Å². The van der Waals surface area contributed by atoms with E-state index < -0.39 is 27.7 Å². The monoisotopic (exact) mass is 483 g/mol. The largest absolute Gasteiger partial charge is 0.416 e. The number of alkyl halides is 3. The zero-order valence-electron chi connectivity index (χ0n) is 16.6. The van der Waals surface area contributed by atoms with E-state index in [2.05, 4.69) is 15.0 Å². The van der Waals surface area contributed by atoms with Gasteiger partial charge >= 0.3 is 6.18 Å². The van der Waals surface area contributed by atoms with Gasteiger partial charge in [0.15, 0.2) is 0 Å². The quantitative estimate of drug-likeness (QED) is 0.548. The molecule has 0 unspecified atom stereocenters. The number of nitrogens with one attached hydrogen (secondary N) is 2. The smallest absolute Gasteiger partial charge is 0.348 e. The number of benzene rings is 2. The van der Waals surface area contributed by atoms with Gasteiger partial charge in [0.1, 0.15) is 0 Å². The molecule has 6 nitrogen and oxygen atoms in total. The molecular weight excluding hydrogens is 467 g/mol. The molecule has 0 fully saturated rings. The minimum absolute atomic E-state index is 0.00529. The van der Waals surface area contributed by atoms with Crippen LogP contribution in [0.25, 0.3) is 11.1 Å². The lowest BCUT2D eigenvalue weighted by atomic mass is 10.0. The average Bonchev–Trinajstić information content (AvgIpc) is 2.77. The molecule has 32 heavy (non-hydrogen) atoms. The molecule has 1 heterocycles. The molecule has 0 atom stereocenters. The first kappa shape index (κ1) is 23.7. The second kappa shape index (κ2) is 9.27. The van der Waals surface area contributed by atoms with Crippen LogP contribution in [0.3, 0.4) is 0 Å². The number of carbonyl (C=O) groups excluding carboxylic acids is 1. The van der Waals surface area contributed by atoms with Crippen LogP contribution in [0.1, 0.15) is 21.5 Å². The van der Waals surface area contributed by atoms with Crippen molar-refractivity contribution >= 4 is 27.5 Å². The van der Waals surface area contributed by atoms with Crippen molar-refractivity contribution in [2.24, 2.45) is 0 Å². The molecule has 1 aromatic heterocycles. The molecule has 2 N–H and O–H groups in total. The van der Waals surface area contributed by atoms with E-state index in [0.717, 1.165) is 12.1 Å². The van der Waals surface area contributed by atoms with Crippen molar-refractivity contribution in [2.45, 2.75) is 17.6 Å². The Morgan fingerprint density at radius 1 is 1.06 bits per heavy atom. The van der Waals surface area contributed by atoms with Gasteiger partial charge in [0, 0.05) is 29.5 Å². The van der Waals surface area contributed by atoms with Crippen LogP contribution < -0.4 is 10.0 Å². The second-order valence-corrected chi connectivity index (χ2v) is 8.98. The fourth-order valence-electron chi connectivity index (χ4n) is 2.83. The number of sulfonamides is 1. The number of rotatable bonds is 6. The summed E-state index contributed by atoms with van der Waals surface area (Å²) < 4.78 is 64.7. The van der Waals surface area contributed by atoms with Crippen molar-refractivity contribution in [3.63, 3.8) is 0 Å². The molecule has 11 heteroatoms. The van der Waals surface area contributed by atoms with Crippen LogP contribution in [-0.2, 0) is 22.7 Å². The van der Waals surface area contributed by atoms with E-state index in [0.29, 0.717) is 11.1 Å². The lowest BCUT2D eigenvalue weighted by Gasteiger charge is -2.11. The topological polar surface area (TPSA) is 88.2 Å². The summed E-state index contributed by atoms with van der Waals surface area (Å²) in [4.78, 5) is 16.5. The molecule has 1 amide bonds. The summed E-state index contributed by atoms with van der Waals surface area (Å²) in [5, 5.41) is 2.78. The second-order valence-electron chi connectivity index (χ2n) is 6.68. The van der Waals surface area contributed by atoms with Crippen molar-refractivity contribution < 1.29 is 26.4 Å². The van der Waals surface area contributed by atoms with Crippen molar-refractivity contribution in [3.05, 3.63) is 82.6 Å². The first-order chi connectivity index (χ1) is 15.0. The molecular formula is C21H17ClF3N3O3S. The number of nitrogens with zero attached hydrogens (tertiary/aromatic N) is 1. The van der Waals surface area contributed by atoms with Crippen LogP contribution in [-0.4, -0.2) is 26.4 Å². The zero-order chi connectivity index (χ0) is 23.5. The zero-order valence-corrected chi connectivity index (χ0v) is 18.1. The fourth-order valence-corrected chi connectivity index (χ4v) is 3.90. The van der Waals surface area contributed by atoms with Gasteiger partial charge < -0.3 is 5.32 Å². The van der Waals surface area contributed by atoms with Crippen molar-refractivity contribution in [3.8, 4) is 11.1 Å². The molecule has 168 valence electrons. The van der Waals surface area contributed by atoms with Crippen LogP contribution in [0.15, 0.2) is 65.8 Å². The van der Waals surface area contributed by atoms with E-state index in [1.54, 1.807) is 0 Å². The lowest BCUT2D eigenvalue weighted by Crippen LogP contribution is -2.23. The van der Waals surface area contributed by atoms with Crippen LogP contribution in [0.5, 0.6) is 0 Å². The summed E-state index contributed by atoms with van der Waals surface area (Å²) in [6, 6.07) is 10.3. The molecule has 3 aromatic rings. The summed E-state index contributed by atoms with van der Waals surface area (Å²) in [7, 11) is -2.38. The molecule has 0 aliphatic carbocycles. The van der Waals surface area contributed by atoms with Crippen molar-refractivity contribution in [1.29, 1.82) is 0 Å². The van der Waals surface area contributed by atoms with Gasteiger partial charge in [0.25, 0.3) is 5.91 Å². The van der Waals surface area contributed by atoms with E-state index in [1.165, 1.54) is 55.8 Å². The third-order valence-electron chi connectivity index (χ3n) is 4.57. The highest BCUT2D eigenvalue weighted by molar-refractivity contribution is 7.89. The Kier molecular flexibility index (Phi) is 6.87. The molecule has 0 saturated heterocycles. The molecule has 0 aliphatic heterocycles. The van der Waals surface area contributed by atoms with Gasteiger partial charge in [-0.25, -0.2) is 13.1 Å². The molecule has 0 bridgehead atoms. The molecule has 0 saturated carbocycles. The standard InChI is InChI=1S/C21H17ClF3N3O3S/c1-26-32(30,31)18-6-5-14(19(22)9-18)12-28-20(29)16-7-15(10-27-11-16)13-3-2-4-17(8-13)21(23,24)25/h2-11,26H,12H2,1H3,(H,28,29). The van der Waals surface area contributed by atoms with Gasteiger partial charge in [-0.05, 0) is 48.5 Å². The molecule has 0 spiro atoms. The summed E-state index contributed by atoms with van der Waals surface area (Å²) in [5.41, 5.74) is 0.445. The first-order valence-corrected chi connectivity index (χ1v) is 11.0. The third-order valence-corrected chi connectivity index (χ3v) is 6.33. The van der Waals surface area contributed by atoms with Crippen LogP contribution >= 0.6 is 11.6 Å². The normalized spacial score (nSPS) is 11.9. The van der Waals surface area contributed by atoms with Gasteiger partial charge in [0.2, 0.25) is 10.0 Å². The highest BCUT2D eigenvalue weighted by Gasteiger charge is 2.30. The van der Waals surface area contributed by atoms with Gasteiger partial charge in [-0.1, -0.05) is 29.8 Å². The number of hydrogen-bond acceptors (Lipinski definition) is 4. The summed E-state index contributed by atoms with van der Waals surface area (Å²) in [5.74, 6) is -0.519. The summed E-state index contributed by atoms with van der Waals surface area (Å²) >= 11 is 6.13. The Morgan fingerprint density at radius 2 is 1.81 bits per heavy atom. The number of hydrogen-bond donors (Lipinski definition) is 2. The minimum atomic E-state index is -4.49. The number of halogens is 4.